The molecular weight excluding hydrogens is 186 g/mol. The van der Waals surface area contributed by atoms with E-state index in [0.29, 0.717) is 0 Å². The van der Waals surface area contributed by atoms with Gasteiger partial charge in [-0.25, -0.2) is 4.99 Å². The van der Waals surface area contributed by atoms with Gasteiger partial charge in [-0.3, -0.25) is 0 Å². The smallest absolute Gasteiger partial charge is 0.181 e. The fourth-order valence-electron chi connectivity index (χ4n) is 1.37. The summed E-state index contributed by atoms with van der Waals surface area (Å²) in [5.41, 5.74) is 3.14. The molecule has 76 valence electrons. The van der Waals surface area contributed by atoms with Gasteiger partial charge in [-0.05, 0) is 25.5 Å². The van der Waals surface area contributed by atoms with E-state index in [1.165, 1.54) is 6.40 Å². The largest absolute Gasteiger partial charge is 0.450 e. The maximum atomic E-state index is 5.30. The molecule has 0 unspecified atom stereocenters. The van der Waals surface area contributed by atoms with Crippen LogP contribution >= 0.6 is 0 Å². The SMILES string of the molecule is CC1=C(C)OC=NC(c2ccccc2)=C1. The van der Waals surface area contributed by atoms with Crippen LogP contribution in [0.25, 0.3) is 5.70 Å². The Kier molecular flexibility index (Phi) is 2.68. The third kappa shape index (κ3) is 2.15. The lowest BCUT2D eigenvalue weighted by Gasteiger charge is -1.99. The summed E-state index contributed by atoms with van der Waals surface area (Å²) < 4.78 is 5.30. The maximum Gasteiger partial charge on any atom is 0.181 e. The van der Waals surface area contributed by atoms with Crippen molar-refractivity contribution in [1.82, 2.24) is 0 Å². The molecule has 0 aromatic heterocycles. The molecule has 1 aromatic rings. The van der Waals surface area contributed by atoms with Crippen LogP contribution in [0, 0.1) is 0 Å². The third-order valence-electron chi connectivity index (χ3n) is 2.40. The summed E-state index contributed by atoms with van der Waals surface area (Å²) >= 11 is 0. The fourth-order valence-corrected chi connectivity index (χ4v) is 1.37. The molecule has 2 rings (SSSR count). The molecule has 1 aromatic carbocycles. The van der Waals surface area contributed by atoms with Crippen molar-refractivity contribution < 1.29 is 4.74 Å². The van der Waals surface area contributed by atoms with Crippen LogP contribution in [0.4, 0.5) is 0 Å². The van der Waals surface area contributed by atoms with Crippen molar-refractivity contribution in [3.05, 3.63) is 53.3 Å². The van der Waals surface area contributed by atoms with Crippen LogP contribution in [0.15, 0.2) is 52.7 Å². The number of rotatable bonds is 1. The van der Waals surface area contributed by atoms with E-state index < -0.39 is 0 Å². The normalized spacial score (nSPS) is 15.7. The summed E-state index contributed by atoms with van der Waals surface area (Å²) in [5, 5.41) is 0. The molecule has 0 spiro atoms. The van der Waals surface area contributed by atoms with Crippen LogP contribution in [-0.2, 0) is 4.74 Å². The Bertz CT molecular complexity index is 441. The second-order valence-electron chi connectivity index (χ2n) is 3.49. The molecule has 2 nitrogen and oxygen atoms in total. The highest BCUT2D eigenvalue weighted by Crippen LogP contribution is 2.21. The van der Waals surface area contributed by atoms with Gasteiger partial charge in [-0.15, -0.1) is 0 Å². The molecule has 15 heavy (non-hydrogen) atoms. The first-order valence-electron chi connectivity index (χ1n) is 4.91. The fraction of sp³-hybridized carbons (Fsp3) is 0.154. The quantitative estimate of drug-likeness (QED) is 0.679. The van der Waals surface area contributed by atoms with E-state index in [0.717, 1.165) is 22.6 Å². The molecule has 0 aliphatic carbocycles. The topological polar surface area (TPSA) is 21.6 Å². The van der Waals surface area contributed by atoms with E-state index in [9.17, 15) is 0 Å². The van der Waals surface area contributed by atoms with E-state index in [-0.39, 0.29) is 0 Å². The molecule has 1 aliphatic heterocycles. The molecule has 1 heterocycles. The number of nitrogens with zero attached hydrogens (tertiary/aromatic N) is 1. The first kappa shape index (κ1) is 9.71. The molecule has 0 amide bonds. The van der Waals surface area contributed by atoms with Crippen molar-refractivity contribution in [3.63, 3.8) is 0 Å². The van der Waals surface area contributed by atoms with Gasteiger partial charge in [-0.2, -0.15) is 0 Å². The molecular formula is C13H13NO. The van der Waals surface area contributed by atoms with Gasteiger partial charge in [0, 0.05) is 5.56 Å². The second kappa shape index (κ2) is 4.13. The minimum atomic E-state index is 0.893. The summed E-state index contributed by atoms with van der Waals surface area (Å²) in [6, 6.07) is 10.1. The number of hydrogen-bond acceptors (Lipinski definition) is 2. The van der Waals surface area contributed by atoms with Gasteiger partial charge in [0.05, 0.1) is 5.70 Å². The van der Waals surface area contributed by atoms with Crippen molar-refractivity contribution in [2.45, 2.75) is 13.8 Å². The Morgan fingerprint density at radius 1 is 1.07 bits per heavy atom. The van der Waals surface area contributed by atoms with Crippen molar-refractivity contribution in [2.75, 3.05) is 0 Å². The predicted octanol–water partition coefficient (Wildman–Crippen LogP) is 3.38. The number of allylic oxidation sites excluding steroid dienone is 3. The average molecular weight is 199 g/mol. The van der Waals surface area contributed by atoms with Gasteiger partial charge in [0.1, 0.15) is 5.76 Å². The highest BCUT2D eigenvalue weighted by Gasteiger charge is 2.04. The summed E-state index contributed by atoms with van der Waals surface area (Å²) in [6.07, 6.45) is 3.53. The zero-order chi connectivity index (χ0) is 10.7. The zero-order valence-corrected chi connectivity index (χ0v) is 8.90. The van der Waals surface area contributed by atoms with E-state index in [1.807, 2.05) is 50.3 Å². The highest BCUT2D eigenvalue weighted by molar-refractivity contribution is 5.74. The second-order valence-corrected chi connectivity index (χ2v) is 3.49. The standard InChI is InChI=1S/C13H13NO/c1-10-8-13(14-9-15-11(10)2)12-6-4-3-5-7-12/h3-9H,1-2H3. The summed E-state index contributed by atoms with van der Waals surface area (Å²) in [6.45, 7) is 3.96. The van der Waals surface area contributed by atoms with Gasteiger partial charge in [-0.1, -0.05) is 30.3 Å². The van der Waals surface area contributed by atoms with Crippen LogP contribution in [-0.4, -0.2) is 6.40 Å². The lowest BCUT2D eigenvalue weighted by Crippen LogP contribution is -1.84. The van der Waals surface area contributed by atoms with Crippen LogP contribution in [0.3, 0.4) is 0 Å². The van der Waals surface area contributed by atoms with Gasteiger partial charge in [0.15, 0.2) is 6.40 Å². The minimum absolute atomic E-state index is 0.893. The van der Waals surface area contributed by atoms with Gasteiger partial charge in [0.25, 0.3) is 0 Å². The lowest BCUT2D eigenvalue weighted by atomic mass is 10.1. The van der Waals surface area contributed by atoms with Crippen LogP contribution < -0.4 is 0 Å². The van der Waals surface area contributed by atoms with Crippen molar-refractivity contribution in [1.29, 1.82) is 0 Å². The molecule has 0 saturated carbocycles. The molecule has 0 saturated heterocycles. The monoisotopic (exact) mass is 199 g/mol. The van der Waals surface area contributed by atoms with Crippen molar-refractivity contribution in [3.8, 4) is 0 Å². The first-order valence-corrected chi connectivity index (χ1v) is 4.91. The Morgan fingerprint density at radius 2 is 1.80 bits per heavy atom. The van der Waals surface area contributed by atoms with Crippen LogP contribution in [0.2, 0.25) is 0 Å². The molecule has 0 radical (unpaired) electrons. The van der Waals surface area contributed by atoms with E-state index in [2.05, 4.69) is 4.99 Å². The summed E-state index contributed by atoms with van der Waals surface area (Å²) in [4.78, 5) is 4.27. The Morgan fingerprint density at radius 3 is 2.53 bits per heavy atom. The van der Waals surface area contributed by atoms with E-state index in [1.54, 1.807) is 0 Å². The van der Waals surface area contributed by atoms with Gasteiger partial charge >= 0.3 is 0 Å². The molecule has 0 N–H and O–H groups in total. The van der Waals surface area contributed by atoms with E-state index in [4.69, 9.17) is 4.74 Å². The number of ether oxygens (including phenoxy) is 1. The molecule has 2 heteroatoms. The summed E-state index contributed by atoms with van der Waals surface area (Å²) in [7, 11) is 0. The maximum absolute atomic E-state index is 5.30. The van der Waals surface area contributed by atoms with Crippen molar-refractivity contribution >= 4 is 12.1 Å². The summed E-state index contributed by atoms with van der Waals surface area (Å²) in [5.74, 6) is 0.893. The number of benzene rings is 1. The Labute approximate surface area is 89.6 Å². The van der Waals surface area contributed by atoms with Gasteiger partial charge in [0.2, 0.25) is 0 Å². The number of hydrogen-bond donors (Lipinski definition) is 0. The molecule has 0 fully saturated rings. The Hall–Kier alpha value is -1.83. The van der Waals surface area contributed by atoms with Crippen LogP contribution in [0.5, 0.6) is 0 Å². The molecule has 0 bridgehead atoms. The Balaban J connectivity index is 2.42. The minimum Gasteiger partial charge on any atom is -0.450 e. The van der Waals surface area contributed by atoms with Gasteiger partial charge < -0.3 is 4.74 Å². The van der Waals surface area contributed by atoms with Crippen molar-refractivity contribution in [2.24, 2.45) is 4.99 Å². The van der Waals surface area contributed by atoms with Crippen LogP contribution in [0.1, 0.15) is 19.4 Å². The third-order valence-corrected chi connectivity index (χ3v) is 2.40. The predicted molar refractivity (Wildman–Crippen MR) is 62.4 cm³/mol. The highest BCUT2D eigenvalue weighted by atomic mass is 16.5. The average Bonchev–Trinajstić information content (AvgIpc) is 2.43. The number of aliphatic imine (C=N–C) groups is 1. The first-order chi connectivity index (χ1) is 7.27. The zero-order valence-electron chi connectivity index (χ0n) is 8.90. The molecule has 0 atom stereocenters. The lowest BCUT2D eigenvalue weighted by molar-refractivity contribution is 0.433. The van der Waals surface area contributed by atoms with E-state index >= 15 is 0 Å². The molecule has 1 aliphatic rings.